The minimum absolute atomic E-state index is 0.180. The Hall–Kier alpha value is -2.12. The third-order valence-corrected chi connectivity index (χ3v) is 6.21. The van der Waals surface area contributed by atoms with E-state index in [1.54, 1.807) is 6.92 Å². The molecule has 1 aromatic heterocycles. The van der Waals surface area contributed by atoms with Crippen LogP contribution in [0.4, 0.5) is 0 Å². The highest BCUT2D eigenvalue weighted by molar-refractivity contribution is 7.21. The molecule has 0 saturated carbocycles. The third-order valence-electron chi connectivity index (χ3n) is 4.53. The predicted octanol–water partition coefficient (Wildman–Crippen LogP) is 2.61. The van der Waals surface area contributed by atoms with E-state index in [2.05, 4.69) is 5.32 Å². The van der Waals surface area contributed by atoms with Crippen molar-refractivity contribution < 1.29 is 19.5 Å². The SMILES string of the molecule is CC1C(C(=O)O)CCN1C(=O)CNC(=O)c1sc2ccccc2c1Cl. The van der Waals surface area contributed by atoms with E-state index >= 15 is 0 Å². The lowest BCUT2D eigenvalue weighted by Crippen LogP contribution is -2.43. The molecule has 0 radical (unpaired) electrons. The molecule has 25 heavy (non-hydrogen) atoms. The molecule has 1 saturated heterocycles. The largest absolute Gasteiger partial charge is 0.481 e. The number of hydrogen-bond acceptors (Lipinski definition) is 4. The third kappa shape index (κ3) is 3.34. The quantitative estimate of drug-likeness (QED) is 0.853. The number of carboxylic acids is 1. The summed E-state index contributed by atoms with van der Waals surface area (Å²) in [5.41, 5.74) is 0. The minimum atomic E-state index is -0.899. The van der Waals surface area contributed by atoms with Crippen molar-refractivity contribution in [3.63, 3.8) is 0 Å². The first-order valence-corrected chi connectivity index (χ1v) is 9.07. The van der Waals surface area contributed by atoms with E-state index in [4.69, 9.17) is 16.7 Å². The number of carbonyl (C=O) groups excluding carboxylic acids is 2. The molecule has 2 amide bonds. The van der Waals surface area contributed by atoms with Crippen molar-refractivity contribution >= 4 is 50.8 Å². The van der Waals surface area contributed by atoms with Gasteiger partial charge in [0.2, 0.25) is 5.91 Å². The summed E-state index contributed by atoms with van der Waals surface area (Å²) in [6.45, 7) is 1.92. The second kappa shape index (κ2) is 7.01. The molecule has 3 rings (SSSR count). The zero-order valence-electron chi connectivity index (χ0n) is 13.5. The van der Waals surface area contributed by atoms with Crippen molar-refractivity contribution in [2.75, 3.05) is 13.1 Å². The average molecular weight is 381 g/mol. The van der Waals surface area contributed by atoms with E-state index in [1.807, 2.05) is 24.3 Å². The first-order valence-electron chi connectivity index (χ1n) is 7.87. The monoisotopic (exact) mass is 380 g/mol. The first-order chi connectivity index (χ1) is 11.9. The number of carboxylic acid groups (broad SMARTS) is 1. The molecule has 2 aromatic rings. The molecular formula is C17H17ClN2O4S. The van der Waals surface area contributed by atoms with Crippen LogP contribution in [0, 0.1) is 5.92 Å². The van der Waals surface area contributed by atoms with E-state index in [0.29, 0.717) is 22.9 Å². The van der Waals surface area contributed by atoms with Crippen LogP contribution in [-0.2, 0) is 9.59 Å². The Bertz CT molecular complexity index is 850. The molecular weight excluding hydrogens is 364 g/mol. The maximum atomic E-state index is 12.4. The molecule has 2 unspecified atom stereocenters. The van der Waals surface area contributed by atoms with E-state index < -0.39 is 17.8 Å². The smallest absolute Gasteiger partial charge is 0.308 e. The molecule has 2 atom stereocenters. The summed E-state index contributed by atoms with van der Waals surface area (Å²) in [6.07, 6.45) is 0.429. The molecule has 1 aliphatic heterocycles. The summed E-state index contributed by atoms with van der Waals surface area (Å²) in [7, 11) is 0. The second-order valence-electron chi connectivity index (χ2n) is 5.99. The molecule has 0 bridgehead atoms. The van der Waals surface area contributed by atoms with Crippen molar-refractivity contribution in [2.24, 2.45) is 5.92 Å². The number of nitrogens with zero attached hydrogens (tertiary/aromatic N) is 1. The van der Waals surface area contributed by atoms with Gasteiger partial charge in [0.1, 0.15) is 4.88 Å². The Morgan fingerprint density at radius 3 is 2.72 bits per heavy atom. The maximum absolute atomic E-state index is 12.4. The fourth-order valence-electron chi connectivity index (χ4n) is 3.12. The Morgan fingerprint density at radius 2 is 2.08 bits per heavy atom. The van der Waals surface area contributed by atoms with Crippen LogP contribution in [0.1, 0.15) is 23.0 Å². The number of hydrogen-bond donors (Lipinski definition) is 2. The van der Waals surface area contributed by atoms with Crippen LogP contribution in [0.25, 0.3) is 10.1 Å². The van der Waals surface area contributed by atoms with Crippen LogP contribution < -0.4 is 5.32 Å². The lowest BCUT2D eigenvalue weighted by molar-refractivity contribution is -0.143. The van der Waals surface area contributed by atoms with Gasteiger partial charge in [-0.1, -0.05) is 29.8 Å². The standard InChI is InChI=1S/C17H17ClN2O4S/c1-9-10(17(23)24)6-7-20(9)13(21)8-19-16(22)15-14(18)11-4-2-3-5-12(11)25-15/h2-5,9-10H,6-8H2,1H3,(H,19,22)(H,23,24). The van der Waals surface area contributed by atoms with Crippen molar-refractivity contribution in [3.05, 3.63) is 34.2 Å². The van der Waals surface area contributed by atoms with Crippen molar-refractivity contribution in [2.45, 2.75) is 19.4 Å². The van der Waals surface area contributed by atoms with Crippen LogP contribution in [-0.4, -0.2) is 46.9 Å². The highest BCUT2D eigenvalue weighted by Crippen LogP contribution is 2.35. The van der Waals surface area contributed by atoms with Gasteiger partial charge in [-0.15, -0.1) is 11.3 Å². The van der Waals surface area contributed by atoms with Gasteiger partial charge in [0.15, 0.2) is 0 Å². The highest BCUT2D eigenvalue weighted by atomic mass is 35.5. The minimum Gasteiger partial charge on any atom is -0.481 e. The molecule has 0 aliphatic carbocycles. The van der Waals surface area contributed by atoms with E-state index in [-0.39, 0.29) is 18.5 Å². The molecule has 2 heterocycles. The summed E-state index contributed by atoms with van der Waals surface area (Å²) in [5, 5.41) is 12.9. The normalized spacial score (nSPS) is 20.0. The van der Waals surface area contributed by atoms with E-state index in [9.17, 15) is 14.4 Å². The number of halogens is 1. The molecule has 8 heteroatoms. The number of nitrogens with one attached hydrogen (secondary N) is 1. The molecule has 1 aliphatic rings. The lowest BCUT2D eigenvalue weighted by atomic mass is 10.0. The first kappa shape index (κ1) is 17.7. The van der Waals surface area contributed by atoms with Crippen LogP contribution in [0.15, 0.2) is 24.3 Å². The molecule has 2 N–H and O–H groups in total. The summed E-state index contributed by atoms with van der Waals surface area (Å²) in [6, 6.07) is 7.06. The fraction of sp³-hybridized carbons (Fsp3) is 0.353. The number of carbonyl (C=O) groups is 3. The van der Waals surface area contributed by atoms with Gasteiger partial charge >= 0.3 is 5.97 Å². The van der Waals surface area contributed by atoms with Crippen molar-refractivity contribution in [1.29, 1.82) is 0 Å². The average Bonchev–Trinajstić information content (AvgIpc) is 3.13. The summed E-state index contributed by atoms with van der Waals surface area (Å²) in [5.74, 6) is -2.15. The van der Waals surface area contributed by atoms with Gasteiger partial charge < -0.3 is 15.3 Å². The van der Waals surface area contributed by atoms with Crippen LogP contribution in [0.3, 0.4) is 0 Å². The number of thiophene rings is 1. The zero-order chi connectivity index (χ0) is 18.1. The Kier molecular flexibility index (Phi) is 4.96. The summed E-state index contributed by atoms with van der Waals surface area (Å²) in [4.78, 5) is 37.7. The van der Waals surface area contributed by atoms with E-state index in [1.165, 1.54) is 16.2 Å². The molecule has 132 valence electrons. The van der Waals surface area contributed by atoms with Gasteiger partial charge in [0.05, 0.1) is 17.5 Å². The number of rotatable bonds is 4. The van der Waals surface area contributed by atoms with Crippen LogP contribution in [0.2, 0.25) is 5.02 Å². The van der Waals surface area contributed by atoms with Gasteiger partial charge in [-0.05, 0) is 19.4 Å². The van der Waals surface area contributed by atoms with Crippen molar-refractivity contribution in [3.8, 4) is 0 Å². The number of fused-ring (bicyclic) bond motifs is 1. The molecule has 6 nitrogen and oxygen atoms in total. The Labute approximate surface area is 153 Å². The van der Waals surface area contributed by atoms with E-state index in [0.717, 1.165) is 10.1 Å². The number of amides is 2. The number of likely N-dealkylation sites (tertiary alicyclic amines) is 1. The Morgan fingerprint density at radius 1 is 1.36 bits per heavy atom. The predicted molar refractivity (Wildman–Crippen MR) is 96.1 cm³/mol. The molecule has 0 spiro atoms. The van der Waals surface area contributed by atoms with Crippen molar-refractivity contribution in [1.82, 2.24) is 10.2 Å². The molecule has 1 aromatic carbocycles. The summed E-state index contributed by atoms with van der Waals surface area (Å²) < 4.78 is 0.904. The van der Waals surface area contributed by atoms with Gasteiger partial charge in [-0.25, -0.2) is 0 Å². The highest BCUT2D eigenvalue weighted by Gasteiger charge is 2.38. The van der Waals surface area contributed by atoms with Gasteiger partial charge in [0, 0.05) is 22.7 Å². The van der Waals surface area contributed by atoms with Gasteiger partial charge in [-0.2, -0.15) is 0 Å². The maximum Gasteiger partial charge on any atom is 0.308 e. The zero-order valence-corrected chi connectivity index (χ0v) is 15.1. The fourth-order valence-corrected chi connectivity index (χ4v) is 4.55. The van der Waals surface area contributed by atoms with Gasteiger partial charge in [-0.3, -0.25) is 14.4 Å². The number of benzene rings is 1. The topological polar surface area (TPSA) is 86.7 Å². The number of aliphatic carboxylic acids is 1. The summed E-state index contributed by atoms with van der Waals surface area (Å²) >= 11 is 7.53. The Balaban J connectivity index is 1.65. The van der Waals surface area contributed by atoms with Gasteiger partial charge in [0.25, 0.3) is 5.91 Å². The van der Waals surface area contributed by atoms with Crippen LogP contribution in [0.5, 0.6) is 0 Å². The second-order valence-corrected chi connectivity index (χ2v) is 7.42. The van der Waals surface area contributed by atoms with Crippen LogP contribution >= 0.6 is 22.9 Å². The molecule has 1 fully saturated rings. The lowest BCUT2D eigenvalue weighted by Gasteiger charge is -2.23.